The van der Waals surface area contributed by atoms with Crippen LogP contribution in [0.4, 0.5) is 0 Å². The van der Waals surface area contributed by atoms with Gasteiger partial charge in [-0.1, -0.05) is 46.8 Å². The van der Waals surface area contributed by atoms with Gasteiger partial charge in [-0.25, -0.2) is 14.2 Å². The Morgan fingerprint density at radius 2 is 1.28 bits per heavy atom. The third-order valence-electron chi connectivity index (χ3n) is 4.69. The Bertz CT molecular complexity index is 1330. The van der Waals surface area contributed by atoms with Crippen molar-refractivity contribution in [2.75, 3.05) is 6.61 Å². The fourth-order valence-corrected chi connectivity index (χ4v) is 3.04. The highest BCUT2D eigenvalue weighted by atomic mass is 35.5. The molecule has 0 aliphatic carbocycles. The molecule has 4 rings (SSSR count). The van der Waals surface area contributed by atoms with Gasteiger partial charge in [0, 0.05) is 0 Å². The quantitative estimate of drug-likeness (QED) is 0.231. The van der Waals surface area contributed by atoms with Gasteiger partial charge in [-0.3, -0.25) is 4.79 Å². The molecule has 1 amide bonds. The summed E-state index contributed by atoms with van der Waals surface area (Å²) in [6.07, 6.45) is 0. The Morgan fingerprint density at radius 1 is 0.833 bits per heavy atom. The molecule has 12 nitrogen and oxygen atoms in total. The standard InChI is InChI=1S/C12H13N3O2.C11H12N6O.ClH/c1-3-17-12(16)11-9(2)15(14-13-11)10-7-5-4-6-8-10;1-7-9(10(18)14-11(12)13)15-16-17(7)8-5-3-2-4-6-8;/h4-8H,3H2,1-2H3;2-6H,1H3,(H4,12,13,14,18);1H. The highest BCUT2D eigenvalue weighted by molar-refractivity contribution is 6.01. The van der Waals surface area contributed by atoms with Gasteiger partial charge in [-0.15, -0.1) is 22.6 Å². The number of carbonyl (C=O) groups excluding carboxylic acids is 2. The summed E-state index contributed by atoms with van der Waals surface area (Å²) in [6, 6.07) is 18.9. The van der Waals surface area contributed by atoms with Crippen molar-refractivity contribution < 1.29 is 14.3 Å². The molecule has 4 aromatic rings. The number of para-hydroxylation sites is 2. The Kier molecular flexibility index (Phi) is 9.81. The van der Waals surface area contributed by atoms with Crippen LogP contribution in [-0.4, -0.2) is 54.4 Å². The zero-order valence-corrected chi connectivity index (χ0v) is 20.7. The number of amides is 1. The second-order valence-electron chi connectivity index (χ2n) is 7.10. The number of guanidine groups is 1. The number of rotatable bonds is 5. The SMILES string of the molecule is CCOC(=O)c1nnn(-c2ccccc2)c1C.Cc1c(C(=O)N=C(N)N)nnn1-c1ccccc1.Cl. The van der Waals surface area contributed by atoms with Crippen LogP contribution in [0.15, 0.2) is 65.7 Å². The molecule has 2 aromatic carbocycles. The number of hydrogen-bond donors (Lipinski definition) is 2. The van der Waals surface area contributed by atoms with E-state index < -0.39 is 11.9 Å². The van der Waals surface area contributed by atoms with Gasteiger partial charge in [-0.05, 0) is 45.0 Å². The van der Waals surface area contributed by atoms with Crippen molar-refractivity contribution in [3.63, 3.8) is 0 Å². The fraction of sp³-hybridized carbons (Fsp3) is 0.174. The molecule has 0 spiro atoms. The van der Waals surface area contributed by atoms with E-state index in [1.807, 2.05) is 60.7 Å². The molecule has 2 aromatic heterocycles. The summed E-state index contributed by atoms with van der Waals surface area (Å²) in [6.45, 7) is 5.60. The molecule has 0 radical (unpaired) electrons. The smallest absolute Gasteiger partial charge is 0.360 e. The monoisotopic (exact) mass is 511 g/mol. The lowest BCUT2D eigenvalue weighted by Gasteiger charge is -2.02. The molecule has 2 heterocycles. The van der Waals surface area contributed by atoms with Gasteiger partial charge in [0.05, 0.1) is 29.4 Å². The number of halogens is 1. The summed E-state index contributed by atoms with van der Waals surface area (Å²) in [5, 5.41) is 15.5. The van der Waals surface area contributed by atoms with Crippen molar-refractivity contribution in [3.05, 3.63) is 83.4 Å². The van der Waals surface area contributed by atoms with Gasteiger partial charge in [-0.2, -0.15) is 4.99 Å². The Labute approximate surface area is 213 Å². The van der Waals surface area contributed by atoms with E-state index in [2.05, 4.69) is 25.6 Å². The van der Waals surface area contributed by atoms with Gasteiger partial charge in [0.25, 0.3) is 0 Å². The van der Waals surface area contributed by atoms with Gasteiger partial charge >= 0.3 is 11.9 Å². The number of hydrogen-bond acceptors (Lipinski definition) is 7. The molecule has 0 aliphatic rings. The number of nitrogens with two attached hydrogens (primary N) is 2. The molecule has 36 heavy (non-hydrogen) atoms. The van der Waals surface area contributed by atoms with E-state index in [0.29, 0.717) is 18.0 Å². The van der Waals surface area contributed by atoms with Gasteiger partial charge < -0.3 is 16.2 Å². The number of benzene rings is 2. The number of esters is 1. The first-order valence-corrected chi connectivity index (χ1v) is 10.6. The van der Waals surface area contributed by atoms with Crippen LogP contribution in [-0.2, 0) is 4.74 Å². The zero-order valence-electron chi connectivity index (χ0n) is 19.9. The van der Waals surface area contributed by atoms with Crippen molar-refractivity contribution in [3.8, 4) is 11.4 Å². The molecule has 0 aliphatic heterocycles. The zero-order chi connectivity index (χ0) is 25.4. The number of carbonyl (C=O) groups is 2. The van der Waals surface area contributed by atoms with Crippen LogP contribution >= 0.6 is 12.4 Å². The molecular formula is C23H26ClN9O3. The average molecular weight is 512 g/mol. The largest absolute Gasteiger partial charge is 0.461 e. The van der Waals surface area contributed by atoms with Crippen molar-refractivity contribution in [2.45, 2.75) is 20.8 Å². The maximum Gasteiger partial charge on any atom is 0.360 e. The molecule has 188 valence electrons. The number of aromatic nitrogens is 6. The summed E-state index contributed by atoms with van der Waals surface area (Å²) in [4.78, 5) is 26.7. The van der Waals surface area contributed by atoms with Crippen molar-refractivity contribution in [1.82, 2.24) is 30.0 Å². The first-order chi connectivity index (χ1) is 16.8. The number of ether oxygens (including phenoxy) is 1. The third kappa shape index (κ3) is 6.51. The molecule has 0 unspecified atom stereocenters. The lowest BCUT2D eigenvalue weighted by molar-refractivity contribution is 0.0518. The topological polar surface area (TPSA) is 169 Å². The third-order valence-corrected chi connectivity index (χ3v) is 4.69. The summed E-state index contributed by atoms with van der Waals surface area (Å²) in [7, 11) is 0. The first-order valence-electron chi connectivity index (χ1n) is 10.6. The molecule has 13 heteroatoms. The minimum Gasteiger partial charge on any atom is -0.461 e. The highest BCUT2D eigenvalue weighted by Gasteiger charge is 2.18. The average Bonchev–Trinajstić information content (AvgIpc) is 3.43. The molecule has 4 N–H and O–H groups in total. The molecule has 0 fully saturated rings. The van der Waals surface area contributed by atoms with Crippen LogP contribution in [0.1, 0.15) is 39.3 Å². The fourth-order valence-electron chi connectivity index (χ4n) is 3.04. The normalized spacial score (nSPS) is 9.86. The summed E-state index contributed by atoms with van der Waals surface area (Å²) in [5.74, 6) is -1.34. The van der Waals surface area contributed by atoms with E-state index in [1.54, 1.807) is 30.1 Å². The van der Waals surface area contributed by atoms with Crippen LogP contribution < -0.4 is 11.5 Å². The molecule has 0 bridgehead atoms. The van der Waals surface area contributed by atoms with Gasteiger partial charge in [0.1, 0.15) is 0 Å². The minimum absolute atomic E-state index is 0. The second-order valence-corrected chi connectivity index (χ2v) is 7.10. The number of nitrogens with zero attached hydrogens (tertiary/aromatic N) is 7. The molecule has 0 saturated heterocycles. The van der Waals surface area contributed by atoms with E-state index >= 15 is 0 Å². The van der Waals surface area contributed by atoms with E-state index in [-0.39, 0.29) is 29.8 Å². The Hall–Kier alpha value is -4.58. The summed E-state index contributed by atoms with van der Waals surface area (Å²) < 4.78 is 8.07. The van der Waals surface area contributed by atoms with Crippen LogP contribution in [0.25, 0.3) is 11.4 Å². The summed E-state index contributed by atoms with van der Waals surface area (Å²) >= 11 is 0. The first kappa shape index (κ1) is 27.7. The maximum absolute atomic E-state index is 11.7. The summed E-state index contributed by atoms with van der Waals surface area (Å²) in [5.41, 5.74) is 13.6. The highest BCUT2D eigenvalue weighted by Crippen LogP contribution is 2.13. The van der Waals surface area contributed by atoms with E-state index in [0.717, 1.165) is 11.4 Å². The van der Waals surface area contributed by atoms with E-state index in [4.69, 9.17) is 16.2 Å². The lowest BCUT2D eigenvalue weighted by Crippen LogP contribution is -2.24. The van der Waals surface area contributed by atoms with Gasteiger partial charge in [0.15, 0.2) is 17.3 Å². The predicted octanol–water partition coefficient (Wildman–Crippen LogP) is 2.16. The van der Waals surface area contributed by atoms with Crippen LogP contribution in [0.3, 0.4) is 0 Å². The van der Waals surface area contributed by atoms with Crippen molar-refractivity contribution >= 4 is 30.2 Å². The van der Waals surface area contributed by atoms with Crippen LogP contribution in [0.5, 0.6) is 0 Å². The van der Waals surface area contributed by atoms with E-state index in [1.165, 1.54) is 0 Å². The van der Waals surface area contributed by atoms with Crippen LogP contribution in [0.2, 0.25) is 0 Å². The molecule has 0 atom stereocenters. The maximum atomic E-state index is 11.7. The lowest BCUT2D eigenvalue weighted by atomic mass is 10.3. The minimum atomic E-state index is -0.602. The second kappa shape index (κ2) is 12.8. The van der Waals surface area contributed by atoms with E-state index in [9.17, 15) is 9.59 Å². The number of aliphatic imine (C=N–C) groups is 1. The Balaban J connectivity index is 0.000000247. The van der Waals surface area contributed by atoms with Crippen LogP contribution in [0, 0.1) is 13.8 Å². The van der Waals surface area contributed by atoms with Crippen molar-refractivity contribution in [1.29, 1.82) is 0 Å². The predicted molar refractivity (Wildman–Crippen MR) is 136 cm³/mol. The van der Waals surface area contributed by atoms with Crippen molar-refractivity contribution in [2.24, 2.45) is 16.5 Å². The van der Waals surface area contributed by atoms with Gasteiger partial charge in [0.2, 0.25) is 0 Å². The Morgan fingerprint density at radius 3 is 1.72 bits per heavy atom. The molecule has 0 saturated carbocycles. The molecular weight excluding hydrogens is 486 g/mol.